The monoisotopic (exact) mass is 400 g/mol. The molecule has 6 heteroatoms. The first-order valence-electron chi connectivity index (χ1n) is 6.63. The molecule has 0 spiro atoms. The first-order valence-corrected chi connectivity index (χ1v) is 7.71. The van der Waals surface area contributed by atoms with E-state index in [4.69, 9.17) is 4.74 Å². The molecule has 2 rings (SSSR count). The van der Waals surface area contributed by atoms with Crippen LogP contribution in [0.25, 0.3) is 0 Å². The van der Waals surface area contributed by atoms with Crippen LogP contribution in [0.3, 0.4) is 0 Å². The van der Waals surface area contributed by atoms with Crippen molar-refractivity contribution in [3.8, 4) is 5.75 Å². The van der Waals surface area contributed by atoms with Crippen molar-refractivity contribution < 1.29 is 14.3 Å². The van der Waals surface area contributed by atoms with E-state index in [2.05, 4.69) is 39.8 Å². The van der Waals surface area contributed by atoms with E-state index in [-0.39, 0.29) is 11.8 Å². The number of benzene rings is 1. The van der Waals surface area contributed by atoms with Gasteiger partial charge in [-0.05, 0) is 54.6 Å². The molecule has 1 aliphatic rings. The van der Waals surface area contributed by atoms with Crippen LogP contribution < -0.4 is 15.4 Å². The molecule has 0 aliphatic carbocycles. The lowest BCUT2D eigenvalue weighted by Crippen LogP contribution is -2.50. The number of Topliss-reactive ketones (excluding diaryl/α,β-unsaturated/α-hetero) is 1. The minimum atomic E-state index is -0.514. The van der Waals surface area contributed by atoms with Crippen molar-refractivity contribution in [3.05, 3.63) is 39.6 Å². The number of rotatable bonds is 4. The third-order valence-electron chi connectivity index (χ3n) is 3.31. The van der Waals surface area contributed by atoms with Gasteiger partial charge in [0.15, 0.2) is 0 Å². The van der Waals surface area contributed by atoms with E-state index in [1.54, 1.807) is 0 Å². The van der Waals surface area contributed by atoms with Crippen molar-refractivity contribution in [1.82, 2.24) is 10.6 Å². The Bertz CT molecular complexity index is 601. The van der Waals surface area contributed by atoms with Crippen molar-refractivity contribution in [3.63, 3.8) is 0 Å². The summed E-state index contributed by atoms with van der Waals surface area (Å²) < 4.78 is 6.63. The molecule has 0 unspecified atom stereocenters. The zero-order chi connectivity index (χ0) is 15.6. The molecule has 1 aromatic rings. The molecule has 2 N–H and O–H groups in total. The fourth-order valence-corrected chi connectivity index (χ4v) is 2.99. The molecule has 2 amide bonds. The molecule has 0 aromatic heterocycles. The number of ether oxygens (including phenoxy) is 1. The van der Waals surface area contributed by atoms with Gasteiger partial charge in [-0.1, -0.05) is 6.58 Å². The Labute approximate surface area is 137 Å². The van der Waals surface area contributed by atoms with Gasteiger partial charge in [-0.25, -0.2) is 4.79 Å². The lowest BCUT2D eigenvalue weighted by molar-refractivity contribution is -0.120. The molecule has 1 heterocycles. The van der Waals surface area contributed by atoms with E-state index >= 15 is 0 Å². The van der Waals surface area contributed by atoms with E-state index in [0.29, 0.717) is 18.1 Å². The van der Waals surface area contributed by atoms with Gasteiger partial charge in [-0.15, -0.1) is 0 Å². The molecule has 2 atom stereocenters. The van der Waals surface area contributed by atoms with Crippen LogP contribution in [-0.2, 0) is 4.79 Å². The Hall–Kier alpha value is -1.57. The minimum absolute atomic E-state index is 0.0567. The van der Waals surface area contributed by atoms with E-state index in [9.17, 15) is 9.59 Å². The second kappa shape index (κ2) is 6.46. The van der Waals surface area contributed by atoms with E-state index < -0.39 is 12.0 Å². The number of amides is 2. The standard InChI is InChI=1S/C15H17IN2O3/c1-4-21-12-6-5-10(16)7-11(12)14-13(9(3)19)8(2)17-15(20)18-14/h5-7,13-14H,2,4H2,1,3H3,(H2,17,18,20)/t13-,14-/m1/s1. The lowest BCUT2D eigenvalue weighted by atomic mass is 9.86. The van der Waals surface area contributed by atoms with Crippen molar-refractivity contribution in [1.29, 1.82) is 0 Å². The molecular weight excluding hydrogens is 383 g/mol. The molecular formula is C15H17IN2O3. The lowest BCUT2D eigenvalue weighted by Gasteiger charge is -2.34. The number of carbonyl (C=O) groups excluding carboxylic acids is 2. The number of hydrogen-bond donors (Lipinski definition) is 2. The van der Waals surface area contributed by atoms with Gasteiger partial charge in [0.1, 0.15) is 11.5 Å². The summed E-state index contributed by atoms with van der Waals surface area (Å²) in [7, 11) is 0. The van der Waals surface area contributed by atoms with Gasteiger partial charge in [-0.3, -0.25) is 4.79 Å². The predicted molar refractivity (Wildman–Crippen MR) is 88.0 cm³/mol. The third-order valence-corrected chi connectivity index (χ3v) is 3.99. The van der Waals surface area contributed by atoms with Crippen LogP contribution >= 0.6 is 22.6 Å². The maximum atomic E-state index is 12.0. The number of ketones is 1. The maximum Gasteiger partial charge on any atom is 0.319 e. The van der Waals surface area contributed by atoms with Crippen molar-refractivity contribution in [2.24, 2.45) is 5.92 Å². The molecule has 0 saturated carbocycles. The normalized spacial score (nSPS) is 21.5. The van der Waals surface area contributed by atoms with Gasteiger partial charge in [-0.2, -0.15) is 0 Å². The van der Waals surface area contributed by atoms with E-state index in [1.807, 2.05) is 25.1 Å². The van der Waals surface area contributed by atoms with Crippen molar-refractivity contribution in [2.45, 2.75) is 19.9 Å². The number of urea groups is 1. The highest BCUT2D eigenvalue weighted by Crippen LogP contribution is 2.36. The van der Waals surface area contributed by atoms with Crippen LogP contribution in [0.1, 0.15) is 25.5 Å². The average molecular weight is 400 g/mol. The molecule has 0 radical (unpaired) electrons. The van der Waals surface area contributed by atoms with Crippen LogP contribution in [0.15, 0.2) is 30.5 Å². The first-order chi connectivity index (χ1) is 9.93. The van der Waals surface area contributed by atoms with Gasteiger partial charge < -0.3 is 15.4 Å². The predicted octanol–water partition coefficient (Wildman–Crippen LogP) is 2.76. The number of carbonyl (C=O) groups is 2. The quantitative estimate of drug-likeness (QED) is 0.764. The summed E-state index contributed by atoms with van der Waals surface area (Å²) in [6, 6.07) is 4.87. The number of halogens is 1. The summed E-state index contributed by atoms with van der Waals surface area (Å²) in [5, 5.41) is 5.37. The Morgan fingerprint density at radius 1 is 1.48 bits per heavy atom. The van der Waals surface area contributed by atoms with Gasteiger partial charge in [0.05, 0.1) is 18.6 Å². The molecule has 5 nitrogen and oxygen atoms in total. The van der Waals surface area contributed by atoms with Gasteiger partial charge in [0, 0.05) is 14.8 Å². The topological polar surface area (TPSA) is 67.4 Å². The molecule has 0 bridgehead atoms. The summed E-state index contributed by atoms with van der Waals surface area (Å²) in [5.74, 6) is 0.100. The smallest absolute Gasteiger partial charge is 0.319 e. The Balaban J connectivity index is 2.50. The van der Waals surface area contributed by atoms with Gasteiger partial charge >= 0.3 is 6.03 Å². The number of hydrogen-bond acceptors (Lipinski definition) is 3. The second-order valence-corrected chi connectivity index (χ2v) is 6.05. The highest BCUT2D eigenvalue weighted by molar-refractivity contribution is 14.1. The molecule has 1 fully saturated rings. The molecule has 1 aromatic carbocycles. The third kappa shape index (κ3) is 3.37. The summed E-state index contributed by atoms with van der Waals surface area (Å²) in [6.45, 7) is 7.71. The highest BCUT2D eigenvalue weighted by Gasteiger charge is 2.37. The first kappa shape index (κ1) is 15.8. The fraction of sp³-hybridized carbons (Fsp3) is 0.333. The Kier molecular flexibility index (Phi) is 4.87. The summed E-state index contributed by atoms with van der Waals surface area (Å²) in [6.07, 6.45) is 0. The maximum absolute atomic E-state index is 12.0. The fourth-order valence-electron chi connectivity index (χ4n) is 2.47. The molecule has 1 aliphatic heterocycles. The number of nitrogens with one attached hydrogen (secondary N) is 2. The van der Waals surface area contributed by atoms with Crippen molar-refractivity contribution >= 4 is 34.4 Å². The SMILES string of the molecule is C=C1NC(=O)N[C@H](c2cc(I)ccc2OCC)[C@H]1C(C)=O. The van der Waals surface area contributed by atoms with E-state index in [1.165, 1.54) is 6.92 Å². The van der Waals surface area contributed by atoms with Crippen molar-refractivity contribution in [2.75, 3.05) is 6.61 Å². The van der Waals surface area contributed by atoms with Crippen LogP contribution in [0, 0.1) is 9.49 Å². The van der Waals surface area contributed by atoms with Gasteiger partial charge in [0.2, 0.25) is 0 Å². The van der Waals surface area contributed by atoms with Crippen LogP contribution in [0.2, 0.25) is 0 Å². The average Bonchev–Trinajstić information content (AvgIpc) is 2.39. The van der Waals surface area contributed by atoms with Crippen LogP contribution in [0.4, 0.5) is 4.79 Å². The zero-order valence-corrected chi connectivity index (χ0v) is 14.1. The summed E-state index contributed by atoms with van der Waals surface area (Å²) in [4.78, 5) is 23.7. The minimum Gasteiger partial charge on any atom is -0.494 e. The van der Waals surface area contributed by atoms with Gasteiger partial charge in [0.25, 0.3) is 0 Å². The second-order valence-electron chi connectivity index (χ2n) is 4.80. The molecule has 1 saturated heterocycles. The highest BCUT2D eigenvalue weighted by atomic mass is 127. The van der Waals surface area contributed by atoms with Crippen LogP contribution in [0.5, 0.6) is 5.75 Å². The molecule has 112 valence electrons. The van der Waals surface area contributed by atoms with Crippen LogP contribution in [-0.4, -0.2) is 18.4 Å². The largest absolute Gasteiger partial charge is 0.494 e. The summed E-state index contributed by atoms with van der Waals surface area (Å²) in [5.41, 5.74) is 1.21. The van der Waals surface area contributed by atoms with E-state index in [0.717, 1.165) is 9.13 Å². The summed E-state index contributed by atoms with van der Waals surface area (Å²) >= 11 is 2.19. The molecule has 21 heavy (non-hydrogen) atoms. The Morgan fingerprint density at radius 3 is 2.81 bits per heavy atom. The Morgan fingerprint density at radius 2 is 2.19 bits per heavy atom. The zero-order valence-electron chi connectivity index (χ0n) is 11.9.